The van der Waals surface area contributed by atoms with Crippen LogP contribution in [0.25, 0.3) is 0 Å². The predicted molar refractivity (Wildman–Crippen MR) is 68.0 cm³/mol. The molecule has 0 aliphatic heterocycles. The van der Waals surface area contributed by atoms with E-state index in [2.05, 4.69) is 31.9 Å². The predicted octanol–water partition coefficient (Wildman–Crippen LogP) is 3.75. The summed E-state index contributed by atoms with van der Waals surface area (Å²) in [5, 5.41) is 9.68. The van der Waals surface area contributed by atoms with Gasteiger partial charge in [-0.05, 0) is 34.5 Å². The van der Waals surface area contributed by atoms with Gasteiger partial charge < -0.3 is 10.8 Å². The molecule has 0 radical (unpaired) electrons. The summed E-state index contributed by atoms with van der Waals surface area (Å²) in [5.74, 6) is 0.234. The third-order valence-corrected chi connectivity index (χ3v) is 2.96. The van der Waals surface area contributed by atoms with Gasteiger partial charge in [0.25, 0.3) is 0 Å². The fourth-order valence-electron chi connectivity index (χ4n) is 1.09. The molecular formula is C9H12Br2ClNO. The Bertz CT molecular complexity index is 320. The van der Waals surface area contributed by atoms with E-state index in [1.165, 1.54) is 0 Å². The van der Waals surface area contributed by atoms with Gasteiger partial charge in [0.15, 0.2) is 0 Å². The highest BCUT2D eigenvalue weighted by Gasteiger charge is 2.12. The molecule has 1 rings (SSSR count). The maximum Gasteiger partial charge on any atom is 0.134 e. The van der Waals surface area contributed by atoms with Gasteiger partial charge in [-0.15, -0.1) is 12.4 Å². The maximum atomic E-state index is 9.68. The fourth-order valence-corrected chi connectivity index (χ4v) is 2.35. The number of hydrogen-bond donors (Lipinski definition) is 2. The summed E-state index contributed by atoms with van der Waals surface area (Å²) >= 11 is 6.61. The molecule has 1 aromatic carbocycles. The van der Waals surface area contributed by atoms with Gasteiger partial charge >= 0.3 is 0 Å². The van der Waals surface area contributed by atoms with Crippen molar-refractivity contribution in [3.05, 3.63) is 26.6 Å². The monoisotopic (exact) mass is 343 g/mol. The third-order valence-electron chi connectivity index (χ3n) is 1.90. The van der Waals surface area contributed by atoms with E-state index < -0.39 is 0 Å². The minimum absolute atomic E-state index is 0. The van der Waals surface area contributed by atoms with Crippen LogP contribution >= 0.6 is 44.3 Å². The molecule has 0 bridgehead atoms. The zero-order valence-corrected chi connectivity index (χ0v) is 11.6. The zero-order valence-electron chi connectivity index (χ0n) is 7.63. The zero-order chi connectivity index (χ0) is 10.0. The van der Waals surface area contributed by atoms with E-state index in [4.69, 9.17) is 5.73 Å². The molecule has 0 aromatic heterocycles. The van der Waals surface area contributed by atoms with Crippen molar-refractivity contribution < 1.29 is 5.11 Å². The largest absolute Gasteiger partial charge is 0.506 e. The molecule has 3 N–H and O–H groups in total. The Kier molecular flexibility index (Phi) is 6.05. The van der Waals surface area contributed by atoms with Crippen LogP contribution in [-0.4, -0.2) is 5.11 Å². The summed E-state index contributed by atoms with van der Waals surface area (Å²) in [6.07, 6.45) is 0.802. The van der Waals surface area contributed by atoms with Gasteiger partial charge in [0.2, 0.25) is 0 Å². The minimum Gasteiger partial charge on any atom is -0.506 e. The van der Waals surface area contributed by atoms with Gasteiger partial charge in [0.05, 0.1) is 4.47 Å². The first-order valence-corrected chi connectivity index (χ1v) is 5.58. The first kappa shape index (κ1) is 14.2. The average molecular weight is 345 g/mol. The molecular weight excluding hydrogens is 333 g/mol. The minimum atomic E-state index is -0.117. The topological polar surface area (TPSA) is 46.2 Å². The average Bonchev–Trinajstić information content (AvgIpc) is 2.10. The molecule has 80 valence electrons. The Hall–Kier alpha value is 0.230. The molecule has 14 heavy (non-hydrogen) atoms. The lowest BCUT2D eigenvalue weighted by molar-refractivity contribution is 0.456. The normalized spacial score (nSPS) is 12.0. The van der Waals surface area contributed by atoms with E-state index in [0.717, 1.165) is 16.5 Å². The first-order valence-electron chi connectivity index (χ1n) is 3.99. The standard InChI is InChI=1S/C9H11Br2NO.ClH/c1-2-8(12)6-3-5(10)4-7(11)9(6)13;/h3-4,8,13H,2,12H2,1H3;1H/t8-;/m0./s1. The molecule has 0 heterocycles. The summed E-state index contributed by atoms with van der Waals surface area (Å²) in [6, 6.07) is 3.52. The molecule has 0 saturated carbocycles. The van der Waals surface area contributed by atoms with Crippen molar-refractivity contribution in [1.82, 2.24) is 0 Å². The number of nitrogens with two attached hydrogens (primary N) is 1. The molecule has 0 saturated heterocycles. The van der Waals surface area contributed by atoms with Crippen LogP contribution in [0.15, 0.2) is 21.1 Å². The number of benzene rings is 1. The molecule has 5 heteroatoms. The van der Waals surface area contributed by atoms with Gasteiger partial charge in [0, 0.05) is 16.1 Å². The number of rotatable bonds is 2. The second-order valence-corrected chi connectivity index (χ2v) is 4.61. The number of aromatic hydroxyl groups is 1. The van der Waals surface area contributed by atoms with Crippen LogP contribution in [-0.2, 0) is 0 Å². The summed E-state index contributed by atoms with van der Waals surface area (Å²) < 4.78 is 1.58. The molecule has 2 nitrogen and oxygen atoms in total. The highest BCUT2D eigenvalue weighted by molar-refractivity contribution is 9.11. The van der Waals surface area contributed by atoms with Gasteiger partial charge in [-0.3, -0.25) is 0 Å². The van der Waals surface area contributed by atoms with E-state index in [1.807, 2.05) is 13.0 Å². The highest BCUT2D eigenvalue weighted by atomic mass is 79.9. The molecule has 0 aliphatic carbocycles. The van der Waals surface area contributed by atoms with Crippen LogP contribution in [0.2, 0.25) is 0 Å². The van der Waals surface area contributed by atoms with Crippen LogP contribution in [0.1, 0.15) is 24.9 Å². The van der Waals surface area contributed by atoms with Crippen molar-refractivity contribution in [2.75, 3.05) is 0 Å². The highest BCUT2D eigenvalue weighted by Crippen LogP contribution is 2.35. The lowest BCUT2D eigenvalue weighted by Gasteiger charge is -2.12. The van der Waals surface area contributed by atoms with Crippen LogP contribution in [0.4, 0.5) is 0 Å². The van der Waals surface area contributed by atoms with Gasteiger partial charge in [-0.1, -0.05) is 22.9 Å². The number of halogens is 3. The van der Waals surface area contributed by atoms with Gasteiger partial charge in [-0.25, -0.2) is 0 Å². The van der Waals surface area contributed by atoms with Crippen molar-refractivity contribution in [2.24, 2.45) is 5.73 Å². The Morgan fingerprint density at radius 1 is 1.43 bits per heavy atom. The van der Waals surface area contributed by atoms with Crippen molar-refractivity contribution in [1.29, 1.82) is 0 Å². The van der Waals surface area contributed by atoms with E-state index in [0.29, 0.717) is 4.47 Å². The molecule has 1 aromatic rings. The number of hydrogen-bond acceptors (Lipinski definition) is 2. The molecule has 1 atom stereocenters. The summed E-state index contributed by atoms with van der Waals surface area (Å²) in [4.78, 5) is 0. The van der Waals surface area contributed by atoms with Crippen LogP contribution < -0.4 is 5.73 Å². The first-order chi connectivity index (χ1) is 6.06. The SMILES string of the molecule is CC[C@H](N)c1cc(Br)cc(Br)c1O.Cl. The van der Waals surface area contributed by atoms with Crippen LogP contribution in [0, 0.1) is 0 Å². The second kappa shape index (κ2) is 5.95. The summed E-state index contributed by atoms with van der Waals surface area (Å²) in [5.41, 5.74) is 6.60. The molecule has 0 fully saturated rings. The smallest absolute Gasteiger partial charge is 0.134 e. The number of phenolic OH excluding ortho intramolecular Hbond substituents is 1. The Morgan fingerprint density at radius 2 is 2.00 bits per heavy atom. The van der Waals surface area contributed by atoms with Crippen molar-refractivity contribution in [2.45, 2.75) is 19.4 Å². The number of phenols is 1. The third kappa shape index (κ3) is 3.12. The molecule has 0 amide bonds. The fraction of sp³-hybridized carbons (Fsp3) is 0.333. The van der Waals surface area contributed by atoms with Gasteiger partial charge in [-0.2, -0.15) is 0 Å². The van der Waals surface area contributed by atoms with Crippen molar-refractivity contribution >= 4 is 44.3 Å². The van der Waals surface area contributed by atoms with E-state index in [-0.39, 0.29) is 24.2 Å². The van der Waals surface area contributed by atoms with Crippen LogP contribution in [0.5, 0.6) is 5.75 Å². The van der Waals surface area contributed by atoms with E-state index >= 15 is 0 Å². The lowest BCUT2D eigenvalue weighted by Crippen LogP contribution is -2.08. The molecule has 0 unspecified atom stereocenters. The van der Waals surface area contributed by atoms with Crippen molar-refractivity contribution in [3.8, 4) is 5.75 Å². The van der Waals surface area contributed by atoms with Crippen LogP contribution in [0.3, 0.4) is 0 Å². The van der Waals surface area contributed by atoms with E-state index in [9.17, 15) is 5.11 Å². The van der Waals surface area contributed by atoms with Crippen molar-refractivity contribution in [3.63, 3.8) is 0 Å². The van der Waals surface area contributed by atoms with E-state index in [1.54, 1.807) is 6.07 Å². The summed E-state index contributed by atoms with van der Waals surface area (Å²) in [6.45, 7) is 1.99. The lowest BCUT2D eigenvalue weighted by atomic mass is 10.0. The molecule has 0 aliphatic rings. The second-order valence-electron chi connectivity index (χ2n) is 2.84. The Labute approximate surface area is 107 Å². The Balaban J connectivity index is 0.00000169. The molecule has 0 spiro atoms. The van der Waals surface area contributed by atoms with Gasteiger partial charge in [0.1, 0.15) is 5.75 Å². The summed E-state index contributed by atoms with van der Waals surface area (Å²) in [7, 11) is 0. The maximum absolute atomic E-state index is 9.68. The quantitative estimate of drug-likeness (QED) is 0.857. The Morgan fingerprint density at radius 3 is 2.50 bits per heavy atom.